The van der Waals surface area contributed by atoms with Gasteiger partial charge in [0.15, 0.2) is 0 Å². The summed E-state index contributed by atoms with van der Waals surface area (Å²) >= 11 is 0. The Balaban J connectivity index is 1.66. The summed E-state index contributed by atoms with van der Waals surface area (Å²) in [5.41, 5.74) is 2.07. The molecule has 1 saturated heterocycles. The summed E-state index contributed by atoms with van der Waals surface area (Å²) in [6, 6.07) is 6.99. The van der Waals surface area contributed by atoms with Gasteiger partial charge in [-0.25, -0.2) is 4.79 Å². The SMILES string of the molecule is O=C(O)[C@H]1Cc2ccccc2CN1C(=O)CCN1CCOCC1. The van der Waals surface area contributed by atoms with Crippen molar-refractivity contribution < 1.29 is 19.4 Å². The van der Waals surface area contributed by atoms with Gasteiger partial charge in [0.05, 0.1) is 13.2 Å². The van der Waals surface area contributed by atoms with Crippen LogP contribution in [0.25, 0.3) is 0 Å². The first-order valence-electron chi connectivity index (χ1n) is 8.04. The van der Waals surface area contributed by atoms with E-state index in [1.165, 1.54) is 4.90 Å². The van der Waals surface area contributed by atoms with Gasteiger partial charge in [-0.2, -0.15) is 0 Å². The fraction of sp³-hybridized carbons (Fsp3) is 0.529. The van der Waals surface area contributed by atoms with Crippen molar-refractivity contribution >= 4 is 11.9 Å². The Morgan fingerprint density at radius 1 is 1.17 bits per heavy atom. The monoisotopic (exact) mass is 318 g/mol. The fourth-order valence-electron chi connectivity index (χ4n) is 3.23. The maximum atomic E-state index is 12.6. The summed E-state index contributed by atoms with van der Waals surface area (Å²) < 4.78 is 5.30. The summed E-state index contributed by atoms with van der Waals surface area (Å²) in [5, 5.41) is 9.48. The molecule has 6 heteroatoms. The fourth-order valence-corrected chi connectivity index (χ4v) is 3.23. The van der Waals surface area contributed by atoms with Crippen LogP contribution < -0.4 is 0 Å². The lowest BCUT2D eigenvalue weighted by atomic mass is 9.93. The molecular formula is C17H22N2O4. The van der Waals surface area contributed by atoms with E-state index in [1.54, 1.807) is 0 Å². The van der Waals surface area contributed by atoms with Crippen molar-refractivity contribution in [1.82, 2.24) is 9.80 Å². The van der Waals surface area contributed by atoms with Crippen molar-refractivity contribution in [2.24, 2.45) is 0 Å². The number of hydrogen-bond acceptors (Lipinski definition) is 4. The Kier molecular flexibility index (Phi) is 4.93. The van der Waals surface area contributed by atoms with Crippen LogP contribution in [0.1, 0.15) is 17.5 Å². The minimum absolute atomic E-state index is 0.0848. The Labute approximate surface area is 135 Å². The molecule has 23 heavy (non-hydrogen) atoms. The number of carboxylic acids is 1. The minimum Gasteiger partial charge on any atom is -0.480 e. The molecular weight excluding hydrogens is 296 g/mol. The predicted molar refractivity (Wildman–Crippen MR) is 84.0 cm³/mol. The van der Waals surface area contributed by atoms with Gasteiger partial charge in [-0.1, -0.05) is 24.3 Å². The summed E-state index contributed by atoms with van der Waals surface area (Å²) in [7, 11) is 0. The van der Waals surface area contributed by atoms with E-state index in [4.69, 9.17) is 4.74 Å². The second kappa shape index (κ2) is 7.10. The molecule has 0 bridgehead atoms. The van der Waals surface area contributed by atoms with Gasteiger partial charge in [-0.15, -0.1) is 0 Å². The number of nitrogens with zero attached hydrogens (tertiary/aromatic N) is 2. The highest BCUT2D eigenvalue weighted by Gasteiger charge is 2.34. The minimum atomic E-state index is -0.931. The number of morpholine rings is 1. The molecule has 0 radical (unpaired) electrons. The number of carbonyl (C=O) groups is 2. The van der Waals surface area contributed by atoms with E-state index in [0.29, 0.717) is 39.1 Å². The number of aliphatic carboxylic acids is 1. The van der Waals surface area contributed by atoms with Crippen LogP contribution in [-0.4, -0.2) is 65.7 Å². The smallest absolute Gasteiger partial charge is 0.326 e. The average Bonchev–Trinajstić information content (AvgIpc) is 2.59. The summed E-state index contributed by atoms with van der Waals surface area (Å²) in [6.07, 6.45) is 0.737. The zero-order chi connectivity index (χ0) is 16.2. The third-order valence-electron chi connectivity index (χ3n) is 4.60. The molecule has 6 nitrogen and oxygen atoms in total. The highest BCUT2D eigenvalue weighted by molar-refractivity contribution is 5.84. The molecule has 3 rings (SSSR count). The van der Waals surface area contributed by atoms with Gasteiger partial charge in [0.2, 0.25) is 5.91 Å². The molecule has 2 aliphatic heterocycles. The van der Waals surface area contributed by atoms with Crippen molar-refractivity contribution in [3.05, 3.63) is 35.4 Å². The Morgan fingerprint density at radius 2 is 1.87 bits per heavy atom. The number of hydrogen-bond donors (Lipinski definition) is 1. The van der Waals surface area contributed by atoms with E-state index >= 15 is 0 Å². The third-order valence-corrected chi connectivity index (χ3v) is 4.60. The molecule has 2 aliphatic rings. The Morgan fingerprint density at radius 3 is 2.57 bits per heavy atom. The van der Waals surface area contributed by atoms with Crippen molar-refractivity contribution in [3.8, 4) is 0 Å². The molecule has 0 spiro atoms. The summed E-state index contributed by atoms with van der Waals surface area (Å²) in [5.74, 6) is -1.02. The van der Waals surface area contributed by atoms with Gasteiger partial charge >= 0.3 is 5.97 Å². The van der Waals surface area contributed by atoms with E-state index in [-0.39, 0.29) is 5.91 Å². The number of rotatable bonds is 4. The van der Waals surface area contributed by atoms with Gasteiger partial charge in [-0.3, -0.25) is 9.69 Å². The maximum absolute atomic E-state index is 12.6. The van der Waals surface area contributed by atoms with E-state index < -0.39 is 12.0 Å². The molecule has 1 atom stereocenters. The van der Waals surface area contributed by atoms with Crippen molar-refractivity contribution in [3.63, 3.8) is 0 Å². The van der Waals surface area contributed by atoms with Crippen LogP contribution in [0.5, 0.6) is 0 Å². The summed E-state index contributed by atoms with van der Waals surface area (Å²) in [4.78, 5) is 27.8. The molecule has 1 N–H and O–H groups in total. The molecule has 1 fully saturated rings. The first-order valence-corrected chi connectivity index (χ1v) is 8.04. The standard InChI is InChI=1S/C17H22N2O4/c20-16(5-6-18-7-9-23-10-8-18)19-12-14-4-2-1-3-13(14)11-15(19)17(21)22/h1-4,15H,5-12H2,(H,21,22)/t15-/m1/s1. The second-order valence-electron chi connectivity index (χ2n) is 6.05. The van der Waals surface area contributed by atoms with Crippen LogP contribution in [0.15, 0.2) is 24.3 Å². The number of benzene rings is 1. The molecule has 0 aromatic heterocycles. The lowest BCUT2D eigenvalue weighted by Gasteiger charge is -2.35. The van der Waals surface area contributed by atoms with Gasteiger partial charge in [-0.05, 0) is 11.1 Å². The third kappa shape index (κ3) is 3.71. The first kappa shape index (κ1) is 16.0. The van der Waals surface area contributed by atoms with Crippen LogP contribution in [0.2, 0.25) is 0 Å². The largest absolute Gasteiger partial charge is 0.480 e. The van der Waals surface area contributed by atoms with Gasteiger partial charge in [0.25, 0.3) is 0 Å². The lowest BCUT2D eigenvalue weighted by molar-refractivity contribution is -0.151. The molecule has 124 valence electrons. The van der Waals surface area contributed by atoms with Crippen LogP contribution >= 0.6 is 0 Å². The van der Waals surface area contributed by atoms with Gasteiger partial charge < -0.3 is 14.7 Å². The van der Waals surface area contributed by atoms with E-state index in [1.807, 2.05) is 24.3 Å². The van der Waals surface area contributed by atoms with E-state index in [9.17, 15) is 14.7 Å². The molecule has 1 aromatic carbocycles. The molecule has 2 heterocycles. The van der Waals surface area contributed by atoms with Crippen molar-refractivity contribution in [2.75, 3.05) is 32.8 Å². The van der Waals surface area contributed by atoms with Gasteiger partial charge in [0, 0.05) is 39.0 Å². The van der Waals surface area contributed by atoms with Crippen LogP contribution in [0.3, 0.4) is 0 Å². The number of fused-ring (bicyclic) bond motifs is 1. The summed E-state index contributed by atoms with van der Waals surface area (Å²) in [6.45, 7) is 4.10. The van der Waals surface area contributed by atoms with E-state index in [0.717, 1.165) is 24.2 Å². The highest BCUT2D eigenvalue weighted by Crippen LogP contribution is 2.24. The first-order chi connectivity index (χ1) is 11.1. The van der Waals surface area contributed by atoms with Crippen molar-refractivity contribution in [1.29, 1.82) is 0 Å². The van der Waals surface area contributed by atoms with Crippen molar-refractivity contribution in [2.45, 2.75) is 25.4 Å². The Hall–Kier alpha value is -1.92. The van der Waals surface area contributed by atoms with Crippen LogP contribution in [-0.2, 0) is 27.3 Å². The average molecular weight is 318 g/mol. The zero-order valence-electron chi connectivity index (χ0n) is 13.1. The normalized spacial score (nSPS) is 21.7. The number of ether oxygens (including phenoxy) is 1. The van der Waals surface area contributed by atoms with Gasteiger partial charge in [0.1, 0.15) is 6.04 Å². The highest BCUT2D eigenvalue weighted by atomic mass is 16.5. The van der Waals surface area contributed by atoms with E-state index in [2.05, 4.69) is 4.90 Å². The number of carboxylic acid groups (broad SMARTS) is 1. The topological polar surface area (TPSA) is 70.1 Å². The predicted octanol–water partition coefficient (Wildman–Crippen LogP) is 0.747. The van der Waals surface area contributed by atoms with Crippen LogP contribution in [0.4, 0.5) is 0 Å². The quantitative estimate of drug-likeness (QED) is 0.887. The number of amides is 1. The molecule has 0 unspecified atom stereocenters. The Bertz CT molecular complexity index is 584. The molecule has 1 amide bonds. The molecule has 0 saturated carbocycles. The lowest BCUT2D eigenvalue weighted by Crippen LogP contribution is -2.49. The zero-order valence-corrected chi connectivity index (χ0v) is 13.1. The maximum Gasteiger partial charge on any atom is 0.326 e. The second-order valence-corrected chi connectivity index (χ2v) is 6.05. The van der Waals surface area contributed by atoms with Crippen LogP contribution in [0, 0.1) is 0 Å². The number of carbonyl (C=O) groups excluding carboxylic acids is 1. The molecule has 1 aromatic rings. The molecule has 0 aliphatic carbocycles.